The van der Waals surface area contributed by atoms with Crippen molar-refractivity contribution in [2.45, 2.75) is 32.0 Å². The van der Waals surface area contributed by atoms with Crippen LogP contribution in [-0.4, -0.2) is 46.2 Å². The number of carbonyl (C=O) groups excluding carboxylic acids is 2. The van der Waals surface area contributed by atoms with E-state index < -0.39 is 76.7 Å². The monoisotopic (exact) mass is 640 g/mol. The number of aryl methyl sites for hydroxylation is 1. The highest BCUT2D eigenvalue weighted by Crippen LogP contribution is 2.42. The molecule has 232 valence electrons. The number of aromatic nitrogens is 2. The fourth-order valence-corrected chi connectivity index (χ4v) is 4.68. The van der Waals surface area contributed by atoms with Crippen LogP contribution in [0.1, 0.15) is 34.1 Å². The van der Waals surface area contributed by atoms with E-state index in [1.807, 2.05) is 5.32 Å². The average molecular weight is 641 g/mol. The third kappa shape index (κ3) is 6.40. The summed E-state index contributed by atoms with van der Waals surface area (Å²) in [5, 5.41) is 13.5. The Balaban J connectivity index is 1.85. The molecule has 0 aliphatic rings. The van der Waals surface area contributed by atoms with Crippen LogP contribution >= 0.6 is 11.6 Å². The Bertz CT molecular complexity index is 1790. The number of fused-ring (bicyclic) bond motifs is 1. The van der Waals surface area contributed by atoms with Crippen LogP contribution in [0.5, 0.6) is 5.75 Å². The molecule has 0 fully saturated rings. The number of primary amides is 1. The minimum absolute atomic E-state index is 0.0428. The van der Waals surface area contributed by atoms with Gasteiger partial charge in [0.2, 0.25) is 11.5 Å². The summed E-state index contributed by atoms with van der Waals surface area (Å²) in [6.07, 6.45) is -4.77. The number of carbonyl (C=O) groups is 2. The molecule has 0 aliphatic heterocycles. The lowest BCUT2D eigenvalue weighted by Crippen LogP contribution is -2.51. The van der Waals surface area contributed by atoms with Gasteiger partial charge in [-0.2, -0.15) is 13.2 Å². The first-order chi connectivity index (χ1) is 20.5. The molecule has 2 amide bonds. The topological polar surface area (TPSA) is 127 Å². The Hall–Kier alpha value is -4.43. The van der Waals surface area contributed by atoms with Gasteiger partial charge in [0.25, 0.3) is 5.91 Å². The fourth-order valence-electron chi connectivity index (χ4n) is 4.40. The van der Waals surface area contributed by atoms with E-state index in [1.165, 1.54) is 25.3 Å². The minimum atomic E-state index is -5.53. The normalized spacial score (nSPS) is 13.0. The number of hydrogen-bond donors (Lipinski definition) is 3. The standard InChI is InChI=1S/C29H23ClF6N4O4/c1-3-44-26-15(8-23(37)41)7-22(40-25(26)17-9-20(32)21(33)10-19(17)31)28(43,29(34,35)36)12-39-27(42)16-5-14-4-13(2)11-38-24(14)18(30)6-16/h4-7,9-11,43H,3,8,12H2,1-2H3,(H2,37,41)(H,39,42)/t28-/m0/s1. The zero-order valence-electron chi connectivity index (χ0n) is 23.0. The summed E-state index contributed by atoms with van der Waals surface area (Å²) in [6, 6.07) is 5.30. The van der Waals surface area contributed by atoms with E-state index in [2.05, 4.69) is 9.97 Å². The Morgan fingerprint density at radius 2 is 1.73 bits per heavy atom. The zero-order valence-corrected chi connectivity index (χ0v) is 23.7. The van der Waals surface area contributed by atoms with Gasteiger partial charge in [0.1, 0.15) is 17.3 Å². The lowest BCUT2D eigenvalue weighted by Gasteiger charge is -2.31. The van der Waals surface area contributed by atoms with Crippen LogP contribution in [0.4, 0.5) is 26.3 Å². The Morgan fingerprint density at radius 1 is 1.05 bits per heavy atom. The molecular formula is C29H23ClF6N4O4. The van der Waals surface area contributed by atoms with Crippen molar-refractivity contribution >= 4 is 34.3 Å². The van der Waals surface area contributed by atoms with Crippen LogP contribution in [0.15, 0.2) is 42.6 Å². The van der Waals surface area contributed by atoms with Crippen molar-refractivity contribution in [2.75, 3.05) is 13.2 Å². The van der Waals surface area contributed by atoms with Gasteiger partial charge < -0.3 is 20.9 Å². The number of benzene rings is 2. The number of nitrogens with one attached hydrogen (secondary N) is 1. The van der Waals surface area contributed by atoms with Gasteiger partial charge in [0.05, 0.1) is 35.8 Å². The van der Waals surface area contributed by atoms with Crippen LogP contribution in [-0.2, 0) is 16.8 Å². The summed E-state index contributed by atoms with van der Waals surface area (Å²) < 4.78 is 91.7. The molecule has 0 aliphatic carbocycles. The molecule has 0 bridgehead atoms. The molecule has 15 heteroatoms. The van der Waals surface area contributed by atoms with Gasteiger partial charge in [0, 0.05) is 34.3 Å². The maximum absolute atomic E-state index is 14.9. The fraction of sp³-hybridized carbons (Fsp3) is 0.241. The van der Waals surface area contributed by atoms with Crippen molar-refractivity contribution in [1.29, 1.82) is 0 Å². The summed E-state index contributed by atoms with van der Waals surface area (Å²) >= 11 is 6.21. The predicted octanol–water partition coefficient (Wildman–Crippen LogP) is 5.28. The number of ether oxygens (including phenoxy) is 1. The summed E-state index contributed by atoms with van der Waals surface area (Å²) in [7, 11) is 0. The number of hydrogen-bond acceptors (Lipinski definition) is 6. The number of nitrogens with two attached hydrogens (primary N) is 1. The van der Waals surface area contributed by atoms with Gasteiger partial charge in [-0.05, 0) is 49.7 Å². The molecule has 2 aromatic carbocycles. The van der Waals surface area contributed by atoms with Crippen molar-refractivity contribution in [3.05, 3.63) is 87.5 Å². The first-order valence-corrected chi connectivity index (χ1v) is 13.2. The summed E-state index contributed by atoms with van der Waals surface area (Å²) in [5.74, 6) is -7.16. The molecule has 8 nitrogen and oxygen atoms in total. The van der Waals surface area contributed by atoms with Crippen LogP contribution in [0.2, 0.25) is 5.02 Å². The molecule has 44 heavy (non-hydrogen) atoms. The van der Waals surface area contributed by atoms with E-state index in [1.54, 1.807) is 13.0 Å². The molecule has 4 aromatic rings. The van der Waals surface area contributed by atoms with Crippen molar-refractivity contribution in [2.24, 2.45) is 5.73 Å². The molecule has 0 saturated carbocycles. The summed E-state index contributed by atoms with van der Waals surface area (Å²) in [5.41, 5.74) is -0.986. The van der Waals surface area contributed by atoms with Crippen molar-refractivity contribution < 1.29 is 45.8 Å². The van der Waals surface area contributed by atoms with E-state index in [0.717, 1.165) is 5.56 Å². The molecule has 0 saturated heterocycles. The second-order valence-corrected chi connectivity index (χ2v) is 10.2. The molecule has 2 aromatic heterocycles. The molecule has 4 N–H and O–H groups in total. The quantitative estimate of drug-likeness (QED) is 0.169. The van der Waals surface area contributed by atoms with Crippen LogP contribution in [0, 0.1) is 24.4 Å². The number of aliphatic hydroxyl groups is 1. The van der Waals surface area contributed by atoms with Crippen LogP contribution in [0.25, 0.3) is 22.2 Å². The third-order valence-electron chi connectivity index (χ3n) is 6.50. The van der Waals surface area contributed by atoms with Gasteiger partial charge in [-0.3, -0.25) is 14.6 Å². The van der Waals surface area contributed by atoms with E-state index in [-0.39, 0.29) is 28.8 Å². The Kier molecular flexibility index (Phi) is 9.07. The van der Waals surface area contributed by atoms with Gasteiger partial charge in [-0.1, -0.05) is 11.6 Å². The molecule has 0 radical (unpaired) electrons. The second kappa shape index (κ2) is 12.3. The number of alkyl halides is 3. The van der Waals surface area contributed by atoms with Gasteiger partial charge in [-0.15, -0.1) is 0 Å². The first kappa shape index (κ1) is 32.5. The largest absolute Gasteiger partial charge is 0.491 e. The summed E-state index contributed by atoms with van der Waals surface area (Å²) in [4.78, 5) is 32.7. The number of halogens is 7. The number of nitrogens with zero attached hydrogens (tertiary/aromatic N) is 2. The maximum Gasteiger partial charge on any atom is 0.424 e. The van der Waals surface area contributed by atoms with Crippen LogP contribution in [0.3, 0.4) is 0 Å². The molecule has 0 unspecified atom stereocenters. The highest BCUT2D eigenvalue weighted by molar-refractivity contribution is 6.35. The van der Waals surface area contributed by atoms with E-state index in [4.69, 9.17) is 22.1 Å². The predicted molar refractivity (Wildman–Crippen MR) is 147 cm³/mol. The Labute approximate surface area is 250 Å². The van der Waals surface area contributed by atoms with Crippen LogP contribution < -0.4 is 15.8 Å². The molecule has 2 heterocycles. The van der Waals surface area contributed by atoms with E-state index in [0.29, 0.717) is 23.0 Å². The van der Waals surface area contributed by atoms with E-state index in [9.17, 15) is 41.0 Å². The molecule has 4 rings (SSSR count). The SMILES string of the molecule is CCOc1c(CC(N)=O)cc([C@@](O)(CNC(=O)c2cc(Cl)c3ncc(C)cc3c2)C(F)(F)F)nc1-c1cc(F)c(F)cc1F. The molecular weight excluding hydrogens is 618 g/mol. The van der Waals surface area contributed by atoms with Crippen molar-refractivity contribution in [1.82, 2.24) is 15.3 Å². The summed E-state index contributed by atoms with van der Waals surface area (Å²) in [6.45, 7) is 1.49. The zero-order chi connectivity index (χ0) is 32.6. The first-order valence-electron chi connectivity index (χ1n) is 12.8. The molecule has 0 spiro atoms. The van der Waals surface area contributed by atoms with Crippen molar-refractivity contribution in [3.63, 3.8) is 0 Å². The third-order valence-corrected chi connectivity index (χ3v) is 6.79. The maximum atomic E-state index is 14.9. The minimum Gasteiger partial charge on any atom is -0.491 e. The average Bonchev–Trinajstić information content (AvgIpc) is 2.93. The number of rotatable bonds is 9. The lowest BCUT2D eigenvalue weighted by molar-refractivity contribution is -0.265. The van der Waals surface area contributed by atoms with E-state index >= 15 is 0 Å². The molecule has 1 atom stereocenters. The smallest absolute Gasteiger partial charge is 0.424 e. The highest BCUT2D eigenvalue weighted by atomic mass is 35.5. The van der Waals surface area contributed by atoms with Gasteiger partial charge >= 0.3 is 6.18 Å². The second-order valence-electron chi connectivity index (χ2n) is 9.75. The number of amides is 2. The highest BCUT2D eigenvalue weighted by Gasteiger charge is 2.57. The Morgan fingerprint density at radius 3 is 2.36 bits per heavy atom. The van der Waals surface area contributed by atoms with Gasteiger partial charge in [-0.25, -0.2) is 18.2 Å². The number of pyridine rings is 2. The van der Waals surface area contributed by atoms with Crippen molar-refractivity contribution in [3.8, 4) is 17.0 Å². The van der Waals surface area contributed by atoms with Gasteiger partial charge in [0.15, 0.2) is 11.6 Å². The lowest BCUT2D eigenvalue weighted by atomic mass is 9.93.